The zero-order valence-electron chi connectivity index (χ0n) is 15.6. The van der Waals surface area contributed by atoms with Gasteiger partial charge in [-0.25, -0.2) is 4.98 Å². The summed E-state index contributed by atoms with van der Waals surface area (Å²) >= 11 is 0. The summed E-state index contributed by atoms with van der Waals surface area (Å²) in [6.45, 7) is 3.26. The number of anilines is 1. The van der Waals surface area contributed by atoms with E-state index in [2.05, 4.69) is 32.1 Å². The lowest BCUT2D eigenvalue weighted by Crippen LogP contribution is -2.41. The van der Waals surface area contributed by atoms with Gasteiger partial charge in [0, 0.05) is 50.1 Å². The molecule has 1 saturated heterocycles. The largest absolute Gasteiger partial charge is 0.470 e. The van der Waals surface area contributed by atoms with Crippen molar-refractivity contribution in [3.8, 4) is 17.0 Å². The molecule has 0 saturated carbocycles. The van der Waals surface area contributed by atoms with Gasteiger partial charge in [0.1, 0.15) is 6.10 Å². The first-order valence-electron chi connectivity index (χ1n) is 9.54. The van der Waals surface area contributed by atoms with Gasteiger partial charge in [0.2, 0.25) is 11.8 Å². The summed E-state index contributed by atoms with van der Waals surface area (Å²) in [5, 5.41) is 14.0. The molecule has 2 atom stereocenters. The number of carbonyl (C=O) groups is 1. The molecule has 2 unspecified atom stereocenters. The van der Waals surface area contributed by atoms with Crippen molar-refractivity contribution in [2.45, 2.75) is 25.4 Å². The number of nitrogens with one attached hydrogen (secondary N) is 3. The zero-order valence-corrected chi connectivity index (χ0v) is 15.6. The molecule has 4 heterocycles. The number of ether oxygens (including phenoxy) is 1. The predicted molar refractivity (Wildman–Crippen MR) is 103 cm³/mol. The van der Waals surface area contributed by atoms with Crippen LogP contribution in [0.1, 0.15) is 19.3 Å². The lowest BCUT2D eigenvalue weighted by Gasteiger charge is -2.27. The topological polar surface area (TPSA) is 93.1 Å². The van der Waals surface area contributed by atoms with Gasteiger partial charge in [-0.2, -0.15) is 5.10 Å². The number of pyridine rings is 1. The van der Waals surface area contributed by atoms with Gasteiger partial charge < -0.3 is 20.7 Å². The van der Waals surface area contributed by atoms with Crippen molar-refractivity contribution >= 4 is 11.6 Å². The van der Waals surface area contributed by atoms with Crippen LogP contribution in [-0.4, -0.2) is 53.0 Å². The molecule has 2 aromatic rings. The summed E-state index contributed by atoms with van der Waals surface area (Å²) in [6, 6.07) is 2.06. The number of carbonyl (C=O) groups excluding carboxylic acids is 1. The van der Waals surface area contributed by atoms with Gasteiger partial charge in [0.05, 0.1) is 18.4 Å². The summed E-state index contributed by atoms with van der Waals surface area (Å²) in [6.07, 6.45) is 8.40. The van der Waals surface area contributed by atoms with E-state index in [-0.39, 0.29) is 12.0 Å². The molecule has 1 amide bonds. The van der Waals surface area contributed by atoms with E-state index >= 15 is 0 Å². The van der Waals surface area contributed by atoms with E-state index in [0.717, 1.165) is 55.8 Å². The number of hydrogen-bond acceptors (Lipinski definition) is 6. The average Bonchev–Trinajstić information content (AvgIpc) is 3.12. The summed E-state index contributed by atoms with van der Waals surface area (Å²) in [7, 11) is 1.90. The van der Waals surface area contributed by atoms with E-state index in [4.69, 9.17) is 4.74 Å². The Morgan fingerprint density at radius 1 is 1.30 bits per heavy atom. The lowest BCUT2D eigenvalue weighted by molar-refractivity contribution is -0.122. The van der Waals surface area contributed by atoms with Crippen LogP contribution in [0.3, 0.4) is 0 Å². The minimum atomic E-state index is 0.0558. The number of nitrogens with zero attached hydrogens (tertiary/aromatic N) is 3. The molecule has 2 aliphatic heterocycles. The summed E-state index contributed by atoms with van der Waals surface area (Å²) in [4.78, 5) is 15.7. The number of rotatable bonds is 6. The highest BCUT2D eigenvalue weighted by Crippen LogP contribution is 2.31. The van der Waals surface area contributed by atoms with Crippen LogP contribution >= 0.6 is 0 Å². The highest BCUT2D eigenvalue weighted by molar-refractivity contribution is 5.76. The molecule has 2 aromatic heterocycles. The Bertz CT molecular complexity index is 795. The molecule has 27 heavy (non-hydrogen) atoms. The molecule has 1 fully saturated rings. The number of hydrogen-bond donors (Lipinski definition) is 3. The molecule has 2 aliphatic rings. The third-order valence-electron chi connectivity index (χ3n) is 5.16. The van der Waals surface area contributed by atoms with Gasteiger partial charge >= 0.3 is 0 Å². The first-order chi connectivity index (χ1) is 13.2. The molecule has 3 N–H and O–H groups in total. The number of aromatic nitrogens is 3. The Labute approximate surface area is 158 Å². The minimum absolute atomic E-state index is 0.0558. The summed E-state index contributed by atoms with van der Waals surface area (Å²) < 4.78 is 7.80. The van der Waals surface area contributed by atoms with Crippen molar-refractivity contribution < 1.29 is 9.53 Å². The Morgan fingerprint density at radius 2 is 2.22 bits per heavy atom. The fourth-order valence-corrected chi connectivity index (χ4v) is 3.54. The second-order valence-corrected chi connectivity index (χ2v) is 7.30. The summed E-state index contributed by atoms with van der Waals surface area (Å²) in [5.41, 5.74) is 2.98. The van der Waals surface area contributed by atoms with Crippen LogP contribution in [0.25, 0.3) is 11.1 Å². The van der Waals surface area contributed by atoms with E-state index in [0.29, 0.717) is 18.2 Å². The number of amides is 1. The van der Waals surface area contributed by atoms with Crippen LogP contribution in [0.4, 0.5) is 5.69 Å². The standard InChI is InChI=1S/C19H26N6O2/c1-25-12-15(9-24-25)14-6-17-19(23-8-14)27-16(11-21-17)10-20-5-4-13-2-3-18(26)22-7-13/h6,8-9,12-13,16,20-21H,2-5,7,10-11H2,1H3,(H,22,26). The highest BCUT2D eigenvalue weighted by Gasteiger charge is 2.21. The Hall–Kier alpha value is -2.61. The van der Waals surface area contributed by atoms with E-state index in [9.17, 15) is 4.79 Å². The second kappa shape index (κ2) is 7.96. The first-order valence-corrected chi connectivity index (χ1v) is 9.54. The third kappa shape index (κ3) is 4.39. The molecule has 0 aromatic carbocycles. The van der Waals surface area contributed by atoms with Gasteiger partial charge in [-0.15, -0.1) is 0 Å². The molecule has 8 nitrogen and oxygen atoms in total. The maximum Gasteiger partial charge on any atom is 0.237 e. The average molecular weight is 370 g/mol. The maximum atomic E-state index is 11.2. The molecule has 8 heteroatoms. The molecule has 0 radical (unpaired) electrons. The van der Waals surface area contributed by atoms with Gasteiger partial charge in [0.25, 0.3) is 0 Å². The zero-order chi connectivity index (χ0) is 18.6. The fraction of sp³-hybridized carbons (Fsp3) is 0.526. The Balaban J connectivity index is 1.24. The number of fused-ring (bicyclic) bond motifs is 1. The van der Waals surface area contributed by atoms with E-state index < -0.39 is 0 Å². The van der Waals surface area contributed by atoms with Crippen LogP contribution in [0.5, 0.6) is 5.88 Å². The Morgan fingerprint density at radius 3 is 3.00 bits per heavy atom. The van der Waals surface area contributed by atoms with Crippen molar-refractivity contribution in [1.82, 2.24) is 25.4 Å². The Kier molecular flexibility index (Phi) is 5.24. The number of aryl methyl sites for hydroxylation is 1. The van der Waals surface area contributed by atoms with Crippen molar-refractivity contribution in [1.29, 1.82) is 0 Å². The van der Waals surface area contributed by atoms with E-state index in [1.165, 1.54) is 0 Å². The van der Waals surface area contributed by atoms with Crippen molar-refractivity contribution in [3.63, 3.8) is 0 Å². The minimum Gasteiger partial charge on any atom is -0.470 e. The molecule has 0 bridgehead atoms. The van der Waals surface area contributed by atoms with Crippen LogP contribution in [-0.2, 0) is 11.8 Å². The SMILES string of the molecule is Cn1cc(-c2cnc3c(c2)NCC(CNCCC2CCC(=O)NC2)O3)cn1. The van der Waals surface area contributed by atoms with Gasteiger partial charge in [0.15, 0.2) is 0 Å². The molecular weight excluding hydrogens is 344 g/mol. The van der Waals surface area contributed by atoms with Gasteiger partial charge in [-0.1, -0.05) is 0 Å². The van der Waals surface area contributed by atoms with Crippen LogP contribution in [0.2, 0.25) is 0 Å². The maximum absolute atomic E-state index is 11.2. The molecule has 144 valence electrons. The van der Waals surface area contributed by atoms with Crippen molar-refractivity contribution in [2.75, 3.05) is 31.5 Å². The predicted octanol–water partition coefficient (Wildman–Crippen LogP) is 1.16. The lowest BCUT2D eigenvalue weighted by atomic mass is 9.96. The van der Waals surface area contributed by atoms with Gasteiger partial charge in [-0.3, -0.25) is 9.48 Å². The number of piperidine rings is 1. The quantitative estimate of drug-likeness (QED) is 0.661. The van der Waals surface area contributed by atoms with E-state index in [1.54, 1.807) is 4.68 Å². The smallest absolute Gasteiger partial charge is 0.237 e. The normalized spacial score (nSPS) is 21.7. The molecule has 4 rings (SSSR count). The second-order valence-electron chi connectivity index (χ2n) is 7.30. The van der Waals surface area contributed by atoms with Crippen molar-refractivity contribution in [2.24, 2.45) is 13.0 Å². The highest BCUT2D eigenvalue weighted by atomic mass is 16.5. The molecule has 0 aliphatic carbocycles. The fourth-order valence-electron chi connectivity index (χ4n) is 3.54. The van der Waals surface area contributed by atoms with Crippen LogP contribution < -0.4 is 20.7 Å². The molecular formula is C19H26N6O2. The van der Waals surface area contributed by atoms with Gasteiger partial charge in [-0.05, 0) is 31.4 Å². The third-order valence-corrected chi connectivity index (χ3v) is 5.16. The molecule has 0 spiro atoms. The van der Waals surface area contributed by atoms with Crippen LogP contribution in [0, 0.1) is 5.92 Å². The summed E-state index contributed by atoms with van der Waals surface area (Å²) in [5.74, 6) is 1.41. The monoisotopic (exact) mass is 370 g/mol. The first kappa shape index (κ1) is 17.8. The van der Waals surface area contributed by atoms with Crippen molar-refractivity contribution in [3.05, 3.63) is 24.7 Å². The van der Waals surface area contributed by atoms with Crippen LogP contribution in [0.15, 0.2) is 24.7 Å². The van der Waals surface area contributed by atoms with E-state index in [1.807, 2.05) is 25.6 Å².